The van der Waals surface area contributed by atoms with E-state index in [0.717, 1.165) is 31.4 Å². The van der Waals surface area contributed by atoms with Crippen LogP contribution in [0.1, 0.15) is 41.7 Å². The molecule has 0 N–H and O–H groups in total. The standard InChI is InChI=1S/C23H22Cl2N2O4S/c1-15-6-11-18-19(24)14-20(25)22(21(18)26-15)31-23(28)16-7-9-17(10-8-16)32(29,30)27-12-4-2-3-5-13-27/h6-11,14H,2-5,12-13H2,1H3. The SMILES string of the molecule is Cc1ccc2c(Cl)cc(Cl)c(OC(=O)c3ccc(S(=O)(=O)N4CCCCCC4)cc3)c2n1. The highest BCUT2D eigenvalue weighted by molar-refractivity contribution is 7.89. The maximum atomic E-state index is 12.9. The fourth-order valence-electron chi connectivity index (χ4n) is 3.73. The summed E-state index contributed by atoms with van der Waals surface area (Å²) in [6.07, 6.45) is 3.78. The van der Waals surface area contributed by atoms with Crippen molar-refractivity contribution in [2.24, 2.45) is 0 Å². The minimum absolute atomic E-state index is 0.112. The van der Waals surface area contributed by atoms with Gasteiger partial charge in [0.15, 0.2) is 5.75 Å². The molecule has 0 amide bonds. The normalized spacial score (nSPS) is 15.5. The largest absolute Gasteiger partial charge is 0.419 e. The number of sulfonamides is 1. The smallest absolute Gasteiger partial charge is 0.343 e. The molecule has 1 aliphatic heterocycles. The van der Waals surface area contributed by atoms with Gasteiger partial charge in [0.1, 0.15) is 5.52 Å². The van der Waals surface area contributed by atoms with E-state index in [9.17, 15) is 13.2 Å². The van der Waals surface area contributed by atoms with Crippen molar-refractivity contribution >= 4 is 50.1 Å². The first kappa shape index (κ1) is 23.0. The van der Waals surface area contributed by atoms with E-state index < -0.39 is 16.0 Å². The van der Waals surface area contributed by atoms with Crippen LogP contribution in [-0.4, -0.2) is 36.8 Å². The van der Waals surface area contributed by atoms with Crippen LogP contribution in [0.15, 0.2) is 47.4 Å². The molecule has 0 spiro atoms. The number of ether oxygens (including phenoxy) is 1. The third-order valence-electron chi connectivity index (χ3n) is 5.46. The average molecular weight is 493 g/mol. The highest BCUT2D eigenvalue weighted by atomic mass is 35.5. The van der Waals surface area contributed by atoms with Crippen molar-refractivity contribution in [2.45, 2.75) is 37.5 Å². The van der Waals surface area contributed by atoms with Gasteiger partial charge in [-0.15, -0.1) is 0 Å². The van der Waals surface area contributed by atoms with Gasteiger partial charge in [-0.1, -0.05) is 36.0 Å². The number of rotatable bonds is 4. The van der Waals surface area contributed by atoms with E-state index in [1.165, 1.54) is 34.6 Å². The molecule has 0 aliphatic carbocycles. The van der Waals surface area contributed by atoms with Crippen molar-refractivity contribution < 1.29 is 17.9 Å². The monoisotopic (exact) mass is 492 g/mol. The van der Waals surface area contributed by atoms with Crippen LogP contribution in [0, 0.1) is 6.92 Å². The van der Waals surface area contributed by atoms with Gasteiger partial charge in [-0.2, -0.15) is 4.31 Å². The molecule has 9 heteroatoms. The molecule has 1 aromatic heterocycles. The van der Waals surface area contributed by atoms with Gasteiger partial charge in [0, 0.05) is 24.2 Å². The molecule has 6 nitrogen and oxygen atoms in total. The zero-order valence-corrected chi connectivity index (χ0v) is 19.8. The van der Waals surface area contributed by atoms with Crippen molar-refractivity contribution in [1.29, 1.82) is 0 Å². The number of benzene rings is 2. The molecule has 2 heterocycles. The minimum Gasteiger partial charge on any atom is -0.419 e. The third kappa shape index (κ3) is 4.62. The Morgan fingerprint density at radius 1 is 0.969 bits per heavy atom. The van der Waals surface area contributed by atoms with Crippen LogP contribution in [0.4, 0.5) is 0 Å². The molecule has 0 atom stereocenters. The topological polar surface area (TPSA) is 76.6 Å². The van der Waals surface area contributed by atoms with Crippen LogP contribution in [0.25, 0.3) is 10.9 Å². The Labute approximate surface area is 197 Å². The van der Waals surface area contributed by atoms with E-state index in [0.29, 0.717) is 29.0 Å². The van der Waals surface area contributed by atoms with Gasteiger partial charge >= 0.3 is 5.97 Å². The van der Waals surface area contributed by atoms with Gasteiger partial charge < -0.3 is 4.74 Å². The first-order chi connectivity index (χ1) is 15.3. The lowest BCUT2D eigenvalue weighted by Gasteiger charge is -2.20. The van der Waals surface area contributed by atoms with Gasteiger partial charge in [0.2, 0.25) is 10.0 Å². The predicted octanol–water partition coefficient (Wildman–Crippen LogP) is 5.63. The number of halogens is 2. The lowest BCUT2D eigenvalue weighted by Crippen LogP contribution is -2.31. The fraction of sp³-hybridized carbons (Fsp3) is 0.304. The minimum atomic E-state index is -3.60. The lowest BCUT2D eigenvalue weighted by molar-refractivity contribution is 0.0736. The maximum absolute atomic E-state index is 12.9. The average Bonchev–Trinajstić information content (AvgIpc) is 3.06. The summed E-state index contributed by atoms with van der Waals surface area (Å²) in [6, 6.07) is 10.8. The lowest BCUT2D eigenvalue weighted by atomic mass is 10.2. The van der Waals surface area contributed by atoms with Gasteiger partial charge in [-0.3, -0.25) is 0 Å². The second-order valence-electron chi connectivity index (χ2n) is 7.75. The number of fused-ring (bicyclic) bond motifs is 1. The highest BCUT2D eigenvalue weighted by Gasteiger charge is 2.25. The number of carbonyl (C=O) groups is 1. The second kappa shape index (κ2) is 9.35. The zero-order chi connectivity index (χ0) is 22.9. The van der Waals surface area contributed by atoms with Crippen LogP contribution < -0.4 is 4.74 Å². The number of hydrogen-bond acceptors (Lipinski definition) is 5. The van der Waals surface area contributed by atoms with E-state index in [1.54, 1.807) is 12.1 Å². The molecule has 4 rings (SSSR count). The number of pyridine rings is 1. The molecule has 1 fully saturated rings. The van der Waals surface area contributed by atoms with Crippen molar-refractivity contribution in [3.05, 3.63) is 63.8 Å². The number of nitrogens with zero attached hydrogens (tertiary/aromatic N) is 2. The molecule has 168 valence electrons. The van der Waals surface area contributed by atoms with Crippen LogP contribution in [0.3, 0.4) is 0 Å². The quantitative estimate of drug-likeness (QED) is 0.348. The molecule has 0 bridgehead atoms. The summed E-state index contributed by atoms with van der Waals surface area (Å²) in [6.45, 7) is 2.84. The van der Waals surface area contributed by atoms with Gasteiger partial charge in [-0.25, -0.2) is 18.2 Å². The summed E-state index contributed by atoms with van der Waals surface area (Å²) >= 11 is 12.5. The van der Waals surface area contributed by atoms with E-state index in [-0.39, 0.29) is 21.2 Å². The van der Waals surface area contributed by atoms with E-state index in [4.69, 9.17) is 27.9 Å². The molecule has 0 unspecified atom stereocenters. The first-order valence-electron chi connectivity index (χ1n) is 10.3. The molecule has 2 aromatic carbocycles. The Kier molecular flexibility index (Phi) is 6.72. The second-order valence-corrected chi connectivity index (χ2v) is 10.5. The number of esters is 1. The first-order valence-corrected chi connectivity index (χ1v) is 12.5. The van der Waals surface area contributed by atoms with Gasteiger partial charge in [0.25, 0.3) is 0 Å². The molecule has 0 saturated carbocycles. The van der Waals surface area contributed by atoms with Crippen molar-refractivity contribution in [3.63, 3.8) is 0 Å². The van der Waals surface area contributed by atoms with Crippen molar-refractivity contribution in [1.82, 2.24) is 9.29 Å². The predicted molar refractivity (Wildman–Crippen MR) is 125 cm³/mol. The van der Waals surface area contributed by atoms with E-state index in [1.807, 2.05) is 6.92 Å². The molecule has 1 saturated heterocycles. The number of aromatic nitrogens is 1. The number of aryl methyl sites for hydroxylation is 1. The Bertz CT molecular complexity index is 1270. The van der Waals surface area contributed by atoms with Crippen molar-refractivity contribution in [3.8, 4) is 5.75 Å². The maximum Gasteiger partial charge on any atom is 0.343 e. The van der Waals surface area contributed by atoms with Gasteiger partial charge in [0.05, 0.1) is 20.5 Å². The Morgan fingerprint density at radius 2 is 1.62 bits per heavy atom. The number of carbonyl (C=O) groups excluding carboxylic acids is 1. The summed E-state index contributed by atoms with van der Waals surface area (Å²) in [5.41, 5.74) is 1.30. The molecular formula is C23H22Cl2N2O4S. The van der Waals surface area contributed by atoms with Crippen LogP contribution in [0.2, 0.25) is 10.0 Å². The molecule has 3 aromatic rings. The third-order valence-corrected chi connectivity index (χ3v) is 7.97. The van der Waals surface area contributed by atoms with Crippen LogP contribution in [-0.2, 0) is 10.0 Å². The van der Waals surface area contributed by atoms with Crippen LogP contribution >= 0.6 is 23.2 Å². The highest BCUT2D eigenvalue weighted by Crippen LogP contribution is 2.37. The molecule has 0 radical (unpaired) electrons. The van der Waals surface area contributed by atoms with Gasteiger partial charge in [-0.05, 0) is 62.2 Å². The summed E-state index contributed by atoms with van der Waals surface area (Å²) in [4.78, 5) is 17.4. The summed E-state index contributed by atoms with van der Waals surface area (Å²) in [7, 11) is -3.60. The van der Waals surface area contributed by atoms with Crippen LogP contribution in [0.5, 0.6) is 5.75 Å². The Hall–Kier alpha value is -2.19. The molecule has 32 heavy (non-hydrogen) atoms. The number of hydrogen-bond donors (Lipinski definition) is 0. The molecular weight excluding hydrogens is 471 g/mol. The fourth-order valence-corrected chi connectivity index (χ4v) is 5.80. The van der Waals surface area contributed by atoms with E-state index in [2.05, 4.69) is 4.98 Å². The summed E-state index contributed by atoms with van der Waals surface area (Å²) in [5, 5.41) is 1.18. The zero-order valence-electron chi connectivity index (χ0n) is 17.5. The Balaban J connectivity index is 1.60. The summed E-state index contributed by atoms with van der Waals surface area (Å²) < 4.78 is 33.0. The summed E-state index contributed by atoms with van der Waals surface area (Å²) in [5.74, 6) is -0.557. The molecule has 1 aliphatic rings. The van der Waals surface area contributed by atoms with Crippen molar-refractivity contribution in [2.75, 3.05) is 13.1 Å². The Morgan fingerprint density at radius 3 is 2.28 bits per heavy atom. The van der Waals surface area contributed by atoms with E-state index >= 15 is 0 Å².